The first kappa shape index (κ1) is 16.3. The smallest absolute Gasteiger partial charge is 0.122 e. The quantitative estimate of drug-likeness (QED) is 0.556. The molecule has 0 aliphatic heterocycles. The Hall–Kier alpha value is -1.58. The molecule has 3 aromatic rings. The molecule has 0 spiro atoms. The maximum Gasteiger partial charge on any atom is 0.122 e. The topological polar surface area (TPSA) is 22.1 Å². The molecule has 0 amide bonds. The van der Waals surface area contributed by atoms with E-state index in [1.54, 1.807) is 11.3 Å². The maximum atomic E-state index is 6.27. The van der Waals surface area contributed by atoms with Gasteiger partial charge in [0.1, 0.15) is 12.4 Å². The summed E-state index contributed by atoms with van der Waals surface area (Å²) >= 11 is 7.98. The van der Waals surface area contributed by atoms with Crippen LogP contribution in [0.3, 0.4) is 0 Å². The van der Waals surface area contributed by atoms with E-state index in [-0.39, 0.29) is 0 Å². The number of ether oxygens (including phenoxy) is 1. The molecule has 0 bridgehead atoms. The normalized spacial score (nSPS) is 11.4. The Bertz CT molecular complexity index is 854. The summed E-state index contributed by atoms with van der Waals surface area (Å²) in [6.45, 7) is 8.97. The number of halogens is 1. The van der Waals surface area contributed by atoms with Crippen LogP contribution in [0.4, 0.5) is 0 Å². The van der Waals surface area contributed by atoms with Crippen molar-refractivity contribution in [3.63, 3.8) is 0 Å². The van der Waals surface area contributed by atoms with E-state index in [0.717, 1.165) is 31.6 Å². The van der Waals surface area contributed by atoms with E-state index in [9.17, 15) is 0 Å². The molecule has 2 aromatic carbocycles. The Kier molecular flexibility index (Phi) is 4.60. The van der Waals surface area contributed by atoms with Gasteiger partial charge in [0.2, 0.25) is 0 Å². The molecule has 23 heavy (non-hydrogen) atoms. The second-order valence-electron chi connectivity index (χ2n) is 6.11. The molecule has 0 aliphatic rings. The minimum absolute atomic E-state index is 0.416. The molecule has 0 saturated carbocycles. The lowest BCUT2D eigenvalue weighted by Crippen LogP contribution is -1.99. The standard InChI is InChI=1S/C19H20ClNOS/c1-11(2)19-21-18-14(8-15(20)9-17(18)23-19)10-22-16-7-5-6-12(3)13(16)4/h5-9,11H,10H2,1-4H3. The van der Waals surface area contributed by atoms with E-state index in [1.165, 1.54) is 11.1 Å². The second kappa shape index (κ2) is 6.50. The first-order valence-corrected chi connectivity index (χ1v) is 8.93. The van der Waals surface area contributed by atoms with Crippen molar-refractivity contribution in [3.05, 3.63) is 57.1 Å². The van der Waals surface area contributed by atoms with Gasteiger partial charge in [-0.15, -0.1) is 11.3 Å². The van der Waals surface area contributed by atoms with Gasteiger partial charge in [-0.05, 0) is 43.2 Å². The lowest BCUT2D eigenvalue weighted by Gasteiger charge is -2.11. The molecule has 0 atom stereocenters. The van der Waals surface area contributed by atoms with E-state index in [2.05, 4.69) is 33.8 Å². The van der Waals surface area contributed by atoms with Crippen LogP contribution in [0.1, 0.15) is 41.5 Å². The highest BCUT2D eigenvalue weighted by molar-refractivity contribution is 7.18. The molecule has 0 N–H and O–H groups in total. The van der Waals surface area contributed by atoms with Crippen LogP contribution >= 0.6 is 22.9 Å². The Labute approximate surface area is 146 Å². The van der Waals surface area contributed by atoms with Crippen molar-refractivity contribution in [1.82, 2.24) is 4.98 Å². The molecular formula is C19H20ClNOS. The van der Waals surface area contributed by atoms with Crippen LogP contribution in [0, 0.1) is 13.8 Å². The largest absolute Gasteiger partial charge is 0.489 e. The fraction of sp³-hybridized carbons (Fsp3) is 0.316. The number of benzene rings is 2. The number of fused-ring (bicyclic) bond motifs is 1. The van der Waals surface area contributed by atoms with Crippen molar-refractivity contribution in [2.75, 3.05) is 0 Å². The second-order valence-corrected chi connectivity index (χ2v) is 7.60. The minimum Gasteiger partial charge on any atom is -0.489 e. The highest BCUT2D eigenvalue weighted by Gasteiger charge is 2.13. The van der Waals surface area contributed by atoms with Crippen LogP contribution in [0.2, 0.25) is 5.02 Å². The van der Waals surface area contributed by atoms with Crippen LogP contribution in [-0.4, -0.2) is 4.98 Å². The zero-order chi connectivity index (χ0) is 16.6. The van der Waals surface area contributed by atoms with Gasteiger partial charge in [0.25, 0.3) is 0 Å². The molecule has 3 rings (SSSR count). The van der Waals surface area contributed by atoms with Gasteiger partial charge < -0.3 is 4.74 Å². The molecule has 0 radical (unpaired) electrons. The SMILES string of the molecule is Cc1cccc(OCc2cc(Cl)cc3sc(C(C)C)nc23)c1C. The molecule has 0 aliphatic carbocycles. The van der Waals surface area contributed by atoms with Crippen LogP contribution in [0.25, 0.3) is 10.2 Å². The highest BCUT2D eigenvalue weighted by atomic mass is 35.5. The zero-order valence-corrected chi connectivity index (χ0v) is 15.4. The van der Waals surface area contributed by atoms with Crippen LogP contribution < -0.4 is 4.74 Å². The van der Waals surface area contributed by atoms with E-state index in [4.69, 9.17) is 21.3 Å². The van der Waals surface area contributed by atoms with Crippen LogP contribution in [-0.2, 0) is 6.61 Å². The average Bonchev–Trinajstić information content (AvgIpc) is 2.92. The summed E-state index contributed by atoms with van der Waals surface area (Å²) in [5, 5.41) is 1.87. The van der Waals surface area contributed by atoms with Gasteiger partial charge in [0.15, 0.2) is 0 Å². The third-order valence-corrected chi connectivity index (χ3v) is 5.51. The number of nitrogens with zero attached hydrogens (tertiary/aromatic N) is 1. The van der Waals surface area contributed by atoms with Gasteiger partial charge in [0, 0.05) is 16.5 Å². The summed E-state index contributed by atoms with van der Waals surface area (Å²) in [6.07, 6.45) is 0. The first-order valence-electron chi connectivity index (χ1n) is 7.73. The molecule has 1 heterocycles. The van der Waals surface area contributed by atoms with Gasteiger partial charge in [-0.25, -0.2) is 4.98 Å². The van der Waals surface area contributed by atoms with Crippen LogP contribution in [0.5, 0.6) is 5.75 Å². The van der Waals surface area contributed by atoms with Gasteiger partial charge in [-0.2, -0.15) is 0 Å². The van der Waals surface area contributed by atoms with E-state index < -0.39 is 0 Å². The molecule has 1 aromatic heterocycles. The van der Waals surface area contributed by atoms with E-state index >= 15 is 0 Å². The predicted molar refractivity (Wildman–Crippen MR) is 99.0 cm³/mol. The number of thiazole rings is 1. The summed E-state index contributed by atoms with van der Waals surface area (Å²) in [5.74, 6) is 1.33. The number of aromatic nitrogens is 1. The predicted octanol–water partition coefficient (Wildman–Crippen LogP) is 6.27. The molecule has 120 valence electrons. The molecule has 0 unspecified atom stereocenters. The molecular weight excluding hydrogens is 326 g/mol. The summed E-state index contributed by atoms with van der Waals surface area (Å²) in [6, 6.07) is 10.1. The van der Waals surface area contributed by atoms with Crippen LogP contribution in [0.15, 0.2) is 30.3 Å². The van der Waals surface area contributed by atoms with E-state index in [1.807, 2.05) is 24.3 Å². The van der Waals surface area contributed by atoms with Crippen molar-refractivity contribution in [3.8, 4) is 5.75 Å². The Balaban J connectivity index is 1.94. The lowest BCUT2D eigenvalue weighted by atomic mass is 10.1. The fourth-order valence-corrected chi connectivity index (χ4v) is 3.83. The Morgan fingerprint density at radius 2 is 2.00 bits per heavy atom. The van der Waals surface area contributed by atoms with Crippen molar-refractivity contribution in [1.29, 1.82) is 0 Å². The molecule has 0 fully saturated rings. The summed E-state index contributed by atoms with van der Waals surface area (Å²) in [5.41, 5.74) is 4.45. The first-order chi connectivity index (χ1) is 11.0. The molecule has 2 nitrogen and oxygen atoms in total. The number of hydrogen-bond acceptors (Lipinski definition) is 3. The number of rotatable bonds is 4. The van der Waals surface area contributed by atoms with Crippen molar-refractivity contribution >= 4 is 33.2 Å². The zero-order valence-electron chi connectivity index (χ0n) is 13.8. The molecule has 0 saturated heterocycles. The summed E-state index contributed by atoms with van der Waals surface area (Å²) in [4.78, 5) is 4.79. The average molecular weight is 346 g/mol. The lowest BCUT2D eigenvalue weighted by molar-refractivity contribution is 0.305. The minimum atomic E-state index is 0.416. The monoisotopic (exact) mass is 345 g/mol. The summed E-state index contributed by atoms with van der Waals surface area (Å²) < 4.78 is 7.17. The van der Waals surface area contributed by atoms with Gasteiger partial charge in [0.05, 0.1) is 15.2 Å². The van der Waals surface area contributed by atoms with Crippen molar-refractivity contribution in [2.24, 2.45) is 0 Å². The van der Waals surface area contributed by atoms with Crippen molar-refractivity contribution in [2.45, 2.75) is 40.2 Å². The van der Waals surface area contributed by atoms with Crippen molar-refractivity contribution < 1.29 is 4.74 Å². The third-order valence-electron chi connectivity index (χ3n) is 3.99. The number of aryl methyl sites for hydroxylation is 1. The fourth-order valence-electron chi connectivity index (χ4n) is 2.47. The van der Waals surface area contributed by atoms with Gasteiger partial charge in [-0.3, -0.25) is 0 Å². The third kappa shape index (κ3) is 3.36. The van der Waals surface area contributed by atoms with Gasteiger partial charge in [-0.1, -0.05) is 37.6 Å². The molecule has 4 heteroatoms. The van der Waals surface area contributed by atoms with E-state index in [0.29, 0.717) is 12.5 Å². The summed E-state index contributed by atoms with van der Waals surface area (Å²) in [7, 11) is 0. The van der Waals surface area contributed by atoms with Gasteiger partial charge >= 0.3 is 0 Å². The highest BCUT2D eigenvalue weighted by Crippen LogP contribution is 2.32. The Morgan fingerprint density at radius 3 is 2.74 bits per heavy atom. The Morgan fingerprint density at radius 1 is 1.22 bits per heavy atom. The maximum absolute atomic E-state index is 6.27. The number of hydrogen-bond donors (Lipinski definition) is 0.